The van der Waals surface area contributed by atoms with Gasteiger partial charge >= 0.3 is 0 Å². The summed E-state index contributed by atoms with van der Waals surface area (Å²) in [6.45, 7) is 5.04. The Labute approximate surface area is 165 Å². The number of thiophene rings is 1. The summed E-state index contributed by atoms with van der Waals surface area (Å²) in [6.07, 6.45) is 4.22. The van der Waals surface area contributed by atoms with Gasteiger partial charge < -0.3 is 9.84 Å². The summed E-state index contributed by atoms with van der Waals surface area (Å²) in [7, 11) is 0. The molecule has 3 rings (SSSR count). The summed E-state index contributed by atoms with van der Waals surface area (Å²) < 4.78 is 5.85. The fraction of sp³-hybridized carbons (Fsp3) is 0.250. The van der Waals surface area contributed by atoms with Crippen molar-refractivity contribution in [3.63, 3.8) is 0 Å². The van der Waals surface area contributed by atoms with Crippen molar-refractivity contribution in [3.8, 4) is 5.75 Å². The van der Waals surface area contributed by atoms with E-state index in [0.29, 0.717) is 6.61 Å². The van der Waals surface area contributed by atoms with Crippen LogP contribution in [-0.2, 0) is 6.61 Å². The number of ether oxygens (including phenoxy) is 1. The van der Waals surface area contributed by atoms with Crippen LogP contribution in [0.5, 0.6) is 5.75 Å². The zero-order chi connectivity index (χ0) is 19.1. The molecule has 0 saturated heterocycles. The molecule has 0 aliphatic rings. The highest BCUT2D eigenvalue weighted by atomic mass is 32.1. The molecule has 1 aromatic heterocycles. The molecular formula is C24H26O2S. The average molecular weight is 379 g/mol. The zero-order valence-electron chi connectivity index (χ0n) is 15.9. The van der Waals surface area contributed by atoms with Crippen molar-refractivity contribution < 1.29 is 9.84 Å². The molecule has 0 unspecified atom stereocenters. The largest absolute Gasteiger partial charge is 0.494 e. The molecule has 0 aliphatic carbocycles. The Balaban J connectivity index is 1.63. The minimum atomic E-state index is 0.0631. The van der Waals surface area contributed by atoms with Gasteiger partial charge in [0.15, 0.2) is 0 Å². The van der Waals surface area contributed by atoms with Crippen molar-refractivity contribution in [1.82, 2.24) is 0 Å². The number of aliphatic hydroxyl groups excluding tert-OH is 1. The minimum Gasteiger partial charge on any atom is -0.494 e. The first-order valence-corrected chi connectivity index (χ1v) is 10.2. The molecule has 3 heteroatoms. The van der Waals surface area contributed by atoms with Crippen LogP contribution >= 0.6 is 11.3 Å². The van der Waals surface area contributed by atoms with Gasteiger partial charge in [-0.1, -0.05) is 36.4 Å². The van der Waals surface area contributed by atoms with E-state index in [2.05, 4.69) is 54.9 Å². The van der Waals surface area contributed by atoms with E-state index in [1.54, 1.807) is 11.3 Å². The lowest BCUT2D eigenvalue weighted by Crippen LogP contribution is -1.98. The molecule has 0 fully saturated rings. The lowest BCUT2D eigenvalue weighted by atomic mass is 9.99. The topological polar surface area (TPSA) is 29.5 Å². The van der Waals surface area contributed by atoms with Crippen molar-refractivity contribution in [2.75, 3.05) is 6.61 Å². The highest BCUT2D eigenvalue weighted by Gasteiger charge is 2.05. The van der Waals surface area contributed by atoms with E-state index in [1.165, 1.54) is 27.8 Å². The van der Waals surface area contributed by atoms with Gasteiger partial charge in [0.05, 0.1) is 13.2 Å². The number of hydrogen-bond donors (Lipinski definition) is 1. The Bertz CT molecular complexity index is 877. The molecule has 27 heavy (non-hydrogen) atoms. The highest BCUT2D eigenvalue weighted by Crippen LogP contribution is 2.26. The maximum absolute atomic E-state index is 9.10. The second-order valence-corrected chi connectivity index (χ2v) is 7.56. The quantitative estimate of drug-likeness (QED) is 0.469. The first-order valence-electron chi connectivity index (χ1n) is 9.28. The molecular weight excluding hydrogens is 352 g/mol. The molecule has 3 aromatic rings. The van der Waals surface area contributed by atoms with E-state index in [1.807, 2.05) is 24.3 Å². The van der Waals surface area contributed by atoms with Crippen molar-refractivity contribution in [2.45, 2.75) is 33.3 Å². The smallest absolute Gasteiger partial charge is 0.119 e. The fourth-order valence-corrected chi connectivity index (χ4v) is 3.63. The van der Waals surface area contributed by atoms with Crippen molar-refractivity contribution in [3.05, 3.63) is 87.1 Å². The van der Waals surface area contributed by atoms with Crippen LogP contribution in [0.2, 0.25) is 0 Å². The van der Waals surface area contributed by atoms with Crippen LogP contribution < -0.4 is 4.74 Å². The molecule has 1 N–H and O–H groups in total. The Hall–Kier alpha value is -2.36. The standard InChI is InChI=1S/C24H26O2S/c1-18-5-6-21(14-19(18)2)15-22(23-11-13-27-17-23)4-3-12-26-24-9-7-20(16-25)8-10-24/h5-11,13-15,17,25H,3-4,12,16H2,1-2H3/b22-15+. The minimum absolute atomic E-state index is 0.0631. The Morgan fingerprint density at radius 2 is 1.85 bits per heavy atom. The maximum Gasteiger partial charge on any atom is 0.119 e. The van der Waals surface area contributed by atoms with Crippen LogP contribution in [0, 0.1) is 13.8 Å². The van der Waals surface area contributed by atoms with E-state index in [-0.39, 0.29) is 6.61 Å². The first kappa shape index (κ1) is 19.4. The number of benzene rings is 2. The maximum atomic E-state index is 9.10. The molecule has 0 spiro atoms. The van der Waals surface area contributed by atoms with E-state index >= 15 is 0 Å². The lowest BCUT2D eigenvalue weighted by molar-refractivity contribution is 0.281. The molecule has 0 radical (unpaired) electrons. The number of rotatable bonds is 8. The van der Waals surface area contributed by atoms with Gasteiger partial charge in [0.1, 0.15) is 5.75 Å². The number of allylic oxidation sites excluding steroid dienone is 1. The van der Waals surface area contributed by atoms with Crippen LogP contribution in [0.25, 0.3) is 11.6 Å². The van der Waals surface area contributed by atoms with Gasteiger partial charge in [0.25, 0.3) is 0 Å². The second-order valence-electron chi connectivity index (χ2n) is 6.78. The van der Waals surface area contributed by atoms with Crippen LogP contribution in [0.3, 0.4) is 0 Å². The molecule has 2 nitrogen and oxygen atoms in total. The normalized spacial score (nSPS) is 11.6. The zero-order valence-corrected chi connectivity index (χ0v) is 16.8. The molecule has 0 saturated carbocycles. The van der Waals surface area contributed by atoms with Crippen LogP contribution in [0.4, 0.5) is 0 Å². The van der Waals surface area contributed by atoms with E-state index in [9.17, 15) is 0 Å². The van der Waals surface area contributed by atoms with Crippen LogP contribution in [0.1, 0.15) is 40.7 Å². The van der Waals surface area contributed by atoms with Gasteiger partial charge in [0, 0.05) is 0 Å². The SMILES string of the molecule is Cc1ccc(/C=C(\CCCOc2ccc(CO)cc2)c2ccsc2)cc1C. The average Bonchev–Trinajstić information content (AvgIpc) is 3.22. The number of hydrogen-bond acceptors (Lipinski definition) is 3. The first-order chi connectivity index (χ1) is 13.2. The third-order valence-electron chi connectivity index (χ3n) is 4.73. The monoisotopic (exact) mass is 378 g/mol. The third-order valence-corrected chi connectivity index (χ3v) is 5.41. The summed E-state index contributed by atoms with van der Waals surface area (Å²) in [5.74, 6) is 0.849. The van der Waals surface area contributed by atoms with Gasteiger partial charge in [-0.3, -0.25) is 0 Å². The van der Waals surface area contributed by atoms with Crippen LogP contribution in [-0.4, -0.2) is 11.7 Å². The predicted octanol–water partition coefficient (Wildman–Crippen LogP) is 6.26. The van der Waals surface area contributed by atoms with Crippen LogP contribution in [0.15, 0.2) is 59.3 Å². The van der Waals surface area contributed by atoms with Crippen molar-refractivity contribution in [2.24, 2.45) is 0 Å². The Morgan fingerprint density at radius 1 is 1.04 bits per heavy atom. The summed E-state index contributed by atoms with van der Waals surface area (Å²) in [5.41, 5.74) is 7.44. The molecule has 0 amide bonds. The van der Waals surface area contributed by atoms with Gasteiger partial charge in [-0.2, -0.15) is 11.3 Å². The molecule has 0 bridgehead atoms. The number of aryl methyl sites for hydroxylation is 2. The van der Waals surface area contributed by atoms with E-state index in [0.717, 1.165) is 24.2 Å². The van der Waals surface area contributed by atoms with Crippen molar-refractivity contribution in [1.29, 1.82) is 0 Å². The highest BCUT2D eigenvalue weighted by molar-refractivity contribution is 7.08. The summed E-state index contributed by atoms with van der Waals surface area (Å²) in [6, 6.07) is 16.4. The van der Waals surface area contributed by atoms with E-state index in [4.69, 9.17) is 9.84 Å². The lowest BCUT2D eigenvalue weighted by Gasteiger charge is -2.10. The van der Waals surface area contributed by atoms with Gasteiger partial charge in [0.2, 0.25) is 0 Å². The summed E-state index contributed by atoms with van der Waals surface area (Å²) in [5, 5.41) is 13.4. The molecule has 140 valence electrons. The Kier molecular flexibility index (Phi) is 6.86. The molecule has 0 aliphatic heterocycles. The third kappa shape index (κ3) is 5.56. The van der Waals surface area contributed by atoms with E-state index < -0.39 is 0 Å². The molecule has 1 heterocycles. The summed E-state index contributed by atoms with van der Waals surface area (Å²) >= 11 is 1.73. The Morgan fingerprint density at radius 3 is 2.52 bits per heavy atom. The molecule has 0 atom stereocenters. The van der Waals surface area contributed by atoms with Gasteiger partial charge in [-0.05, 0) is 89.0 Å². The fourth-order valence-electron chi connectivity index (χ4n) is 2.95. The molecule has 2 aromatic carbocycles. The van der Waals surface area contributed by atoms with Gasteiger partial charge in [-0.25, -0.2) is 0 Å². The predicted molar refractivity (Wildman–Crippen MR) is 115 cm³/mol. The second kappa shape index (κ2) is 9.54. The van der Waals surface area contributed by atoms with Gasteiger partial charge in [-0.15, -0.1) is 0 Å². The summed E-state index contributed by atoms with van der Waals surface area (Å²) in [4.78, 5) is 0. The number of aliphatic hydroxyl groups is 1. The van der Waals surface area contributed by atoms with Crippen molar-refractivity contribution >= 4 is 23.0 Å².